The number of ether oxygens (including phenoxy) is 2. The molecule has 0 atom stereocenters. The van der Waals surface area contributed by atoms with Gasteiger partial charge in [-0.2, -0.15) is 0 Å². The Morgan fingerprint density at radius 3 is 2.57 bits per heavy atom. The minimum atomic E-state index is -1.23. The van der Waals surface area contributed by atoms with Gasteiger partial charge >= 0.3 is 5.97 Å². The largest absolute Gasteiger partial charge is 0.493 e. The minimum Gasteiger partial charge on any atom is -0.493 e. The number of carbonyl (C=O) groups excluding carboxylic acids is 1. The summed E-state index contributed by atoms with van der Waals surface area (Å²) in [7, 11) is 1.49. The summed E-state index contributed by atoms with van der Waals surface area (Å²) in [6, 6.07) is 3.30. The Morgan fingerprint density at radius 2 is 2.10 bits per heavy atom. The maximum atomic E-state index is 11.1. The number of carboxylic acids is 1. The first-order valence-corrected chi connectivity index (χ1v) is 6.91. The van der Waals surface area contributed by atoms with Gasteiger partial charge in [-0.05, 0) is 46.6 Å². The Labute approximate surface area is 130 Å². The molecule has 0 aliphatic heterocycles. The summed E-state index contributed by atoms with van der Waals surface area (Å²) in [5.74, 6) is -0.687. The van der Waals surface area contributed by atoms with Crippen molar-refractivity contribution in [3.63, 3.8) is 0 Å². The molecule has 0 bridgehead atoms. The Bertz CT molecular complexity index is 583. The molecule has 1 amide bonds. The molecule has 2 N–H and O–H groups in total. The highest BCUT2D eigenvalue weighted by Gasteiger charge is 2.13. The van der Waals surface area contributed by atoms with Crippen LogP contribution in [0.3, 0.4) is 0 Å². The third-order valence-electron chi connectivity index (χ3n) is 2.39. The van der Waals surface area contributed by atoms with Crippen LogP contribution >= 0.6 is 15.9 Å². The van der Waals surface area contributed by atoms with Gasteiger partial charge in [0, 0.05) is 6.92 Å². The number of aliphatic carboxylic acids is 1. The molecular formula is C14H16BrNO5. The van der Waals surface area contributed by atoms with Crippen molar-refractivity contribution in [1.29, 1.82) is 0 Å². The van der Waals surface area contributed by atoms with Gasteiger partial charge in [-0.1, -0.05) is 0 Å². The summed E-state index contributed by atoms with van der Waals surface area (Å²) in [6.07, 6.45) is 1.34. The fourth-order valence-corrected chi connectivity index (χ4v) is 2.19. The van der Waals surface area contributed by atoms with Crippen LogP contribution in [-0.2, 0) is 9.59 Å². The standard InChI is InChI=1S/C14H16BrNO5/c1-4-21-13-10(15)5-9(7-12(13)20-3)6-11(14(18)19)16-8(2)17/h5-7H,4H2,1-3H3,(H,16,17)(H,18,19). The van der Waals surface area contributed by atoms with E-state index in [-0.39, 0.29) is 5.70 Å². The molecule has 1 rings (SSSR count). The molecule has 0 spiro atoms. The molecule has 0 unspecified atom stereocenters. The van der Waals surface area contributed by atoms with Gasteiger partial charge in [-0.15, -0.1) is 0 Å². The predicted octanol–water partition coefficient (Wildman–Crippen LogP) is 2.42. The highest BCUT2D eigenvalue weighted by molar-refractivity contribution is 9.10. The van der Waals surface area contributed by atoms with Crippen molar-refractivity contribution in [2.75, 3.05) is 13.7 Å². The molecule has 0 aliphatic carbocycles. The predicted molar refractivity (Wildman–Crippen MR) is 81.3 cm³/mol. The molecular weight excluding hydrogens is 342 g/mol. The molecule has 7 heteroatoms. The van der Waals surface area contributed by atoms with Crippen LogP contribution in [0.5, 0.6) is 11.5 Å². The van der Waals surface area contributed by atoms with E-state index in [1.807, 2.05) is 6.92 Å². The quantitative estimate of drug-likeness (QED) is 0.763. The molecule has 6 nitrogen and oxygen atoms in total. The van der Waals surface area contributed by atoms with Crippen molar-refractivity contribution in [3.05, 3.63) is 27.9 Å². The van der Waals surface area contributed by atoms with Gasteiger partial charge in [0.2, 0.25) is 5.91 Å². The maximum Gasteiger partial charge on any atom is 0.352 e. The van der Waals surface area contributed by atoms with Crippen molar-refractivity contribution in [2.45, 2.75) is 13.8 Å². The van der Waals surface area contributed by atoms with E-state index >= 15 is 0 Å². The lowest BCUT2D eigenvalue weighted by atomic mass is 10.1. The first-order chi connectivity index (χ1) is 9.88. The SMILES string of the molecule is CCOc1c(Br)cc(C=C(NC(C)=O)C(=O)O)cc1OC. The Morgan fingerprint density at radius 1 is 1.43 bits per heavy atom. The zero-order valence-corrected chi connectivity index (χ0v) is 13.5. The lowest BCUT2D eigenvalue weighted by molar-refractivity contribution is -0.134. The van der Waals surface area contributed by atoms with Crippen LogP contribution in [0.25, 0.3) is 6.08 Å². The third-order valence-corrected chi connectivity index (χ3v) is 2.98. The molecule has 0 saturated heterocycles. The second-order valence-electron chi connectivity index (χ2n) is 4.01. The summed E-state index contributed by atoms with van der Waals surface area (Å²) < 4.78 is 11.3. The summed E-state index contributed by atoms with van der Waals surface area (Å²) in [5.41, 5.74) is 0.328. The number of nitrogens with one attached hydrogen (secondary N) is 1. The van der Waals surface area contributed by atoms with Gasteiger partial charge in [0.15, 0.2) is 11.5 Å². The fourth-order valence-electron chi connectivity index (χ4n) is 1.62. The topological polar surface area (TPSA) is 84.9 Å². The number of rotatable bonds is 6. The monoisotopic (exact) mass is 357 g/mol. The first-order valence-electron chi connectivity index (χ1n) is 6.12. The molecule has 0 fully saturated rings. The summed E-state index contributed by atoms with van der Waals surface area (Å²) in [4.78, 5) is 22.1. The number of hydrogen-bond donors (Lipinski definition) is 2. The van der Waals surface area contributed by atoms with Crippen LogP contribution in [0.1, 0.15) is 19.4 Å². The molecule has 1 aromatic carbocycles. The summed E-state index contributed by atoms with van der Waals surface area (Å²) in [6.45, 7) is 3.56. The third kappa shape index (κ3) is 4.78. The first kappa shape index (κ1) is 17.0. The molecule has 0 saturated carbocycles. The van der Waals surface area contributed by atoms with E-state index in [4.69, 9.17) is 14.6 Å². The molecule has 0 aliphatic rings. The van der Waals surface area contributed by atoms with E-state index < -0.39 is 11.9 Å². The minimum absolute atomic E-state index is 0.222. The van der Waals surface area contributed by atoms with Crippen LogP contribution < -0.4 is 14.8 Å². The number of methoxy groups -OCH3 is 1. The van der Waals surface area contributed by atoms with Gasteiger partial charge in [0.25, 0.3) is 0 Å². The molecule has 0 aromatic heterocycles. The summed E-state index contributed by atoms with van der Waals surface area (Å²) >= 11 is 3.35. The van der Waals surface area contributed by atoms with E-state index in [1.165, 1.54) is 20.1 Å². The van der Waals surface area contributed by atoms with Gasteiger partial charge in [-0.25, -0.2) is 4.79 Å². The number of amides is 1. The number of hydrogen-bond acceptors (Lipinski definition) is 4. The average molecular weight is 358 g/mol. The van der Waals surface area contributed by atoms with E-state index in [9.17, 15) is 9.59 Å². The molecule has 114 valence electrons. The Kier molecular flexibility index (Phi) is 6.23. The second kappa shape index (κ2) is 7.68. The van der Waals surface area contributed by atoms with Gasteiger partial charge in [0.1, 0.15) is 5.70 Å². The fraction of sp³-hybridized carbons (Fsp3) is 0.286. The van der Waals surface area contributed by atoms with Crippen molar-refractivity contribution < 1.29 is 24.2 Å². The van der Waals surface area contributed by atoms with Gasteiger partial charge < -0.3 is 19.9 Å². The van der Waals surface area contributed by atoms with Crippen molar-refractivity contribution in [1.82, 2.24) is 5.32 Å². The van der Waals surface area contributed by atoms with Crippen LogP contribution in [0.15, 0.2) is 22.3 Å². The van der Waals surface area contributed by atoms with Crippen molar-refractivity contribution in [2.24, 2.45) is 0 Å². The molecule has 0 heterocycles. The number of carbonyl (C=O) groups is 2. The average Bonchev–Trinajstić information content (AvgIpc) is 2.40. The van der Waals surface area contributed by atoms with Crippen LogP contribution in [-0.4, -0.2) is 30.7 Å². The number of carboxylic acid groups (broad SMARTS) is 1. The van der Waals surface area contributed by atoms with Crippen molar-refractivity contribution in [3.8, 4) is 11.5 Å². The smallest absolute Gasteiger partial charge is 0.352 e. The highest BCUT2D eigenvalue weighted by Crippen LogP contribution is 2.37. The van der Waals surface area contributed by atoms with Crippen LogP contribution in [0, 0.1) is 0 Å². The van der Waals surface area contributed by atoms with Gasteiger partial charge in [-0.3, -0.25) is 4.79 Å². The molecule has 21 heavy (non-hydrogen) atoms. The zero-order valence-electron chi connectivity index (χ0n) is 11.9. The van der Waals surface area contributed by atoms with Crippen LogP contribution in [0.4, 0.5) is 0 Å². The van der Waals surface area contributed by atoms with E-state index in [0.717, 1.165) is 0 Å². The Balaban J connectivity index is 3.27. The maximum absolute atomic E-state index is 11.1. The van der Waals surface area contributed by atoms with E-state index in [0.29, 0.717) is 28.1 Å². The normalized spacial score (nSPS) is 11.0. The van der Waals surface area contributed by atoms with E-state index in [1.54, 1.807) is 12.1 Å². The van der Waals surface area contributed by atoms with Crippen molar-refractivity contribution >= 4 is 33.9 Å². The lowest BCUT2D eigenvalue weighted by Gasteiger charge is -2.12. The molecule has 0 radical (unpaired) electrons. The van der Waals surface area contributed by atoms with Crippen LogP contribution in [0.2, 0.25) is 0 Å². The highest BCUT2D eigenvalue weighted by atomic mass is 79.9. The Hall–Kier alpha value is -2.02. The number of benzene rings is 1. The lowest BCUT2D eigenvalue weighted by Crippen LogP contribution is -2.24. The zero-order chi connectivity index (χ0) is 16.0. The number of halogens is 1. The summed E-state index contributed by atoms with van der Waals surface area (Å²) in [5, 5.41) is 11.3. The second-order valence-corrected chi connectivity index (χ2v) is 4.87. The molecule has 1 aromatic rings. The van der Waals surface area contributed by atoms with Gasteiger partial charge in [0.05, 0.1) is 18.2 Å². The van der Waals surface area contributed by atoms with E-state index in [2.05, 4.69) is 21.2 Å².